The van der Waals surface area contributed by atoms with Gasteiger partial charge in [0.2, 0.25) is 0 Å². The molecule has 0 aliphatic carbocycles. The molecule has 19 heavy (non-hydrogen) atoms. The van der Waals surface area contributed by atoms with Crippen LogP contribution in [0.4, 0.5) is 0 Å². The Balaban J connectivity index is 2.24. The van der Waals surface area contributed by atoms with E-state index >= 15 is 0 Å². The van der Waals surface area contributed by atoms with E-state index in [1.165, 1.54) is 0 Å². The molecule has 0 aliphatic heterocycles. The molecular weight excluding hydrogens is 326 g/mol. The highest BCUT2D eigenvalue weighted by molar-refractivity contribution is 9.10. The van der Waals surface area contributed by atoms with E-state index in [1.807, 2.05) is 10.9 Å². The van der Waals surface area contributed by atoms with Crippen molar-refractivity contribution in [1.82, 2.24) is 25.3 Å². The summed E-state index contributed by atoms with van der Waals surface area (Å²) in [6, 6.07) is 0. The van der Waals surface area contributed by atoms with Gasteiger partial charge >= 0.3 is 0 Å². The molecular formula is C12H22BrN5S. The third-order valence-electron chi connectivity index (χ3n) is 2.60. The van der Waals surface area contributed by atoms with Gasteiger partial charge < -0.3 is 15.5 Å². The molecule has 0 saturated carbocycles. The summed E-state index contributed by atoms with van der Waals surface area (Å²) < 4.78 is 2.91. The number of thiocarbonyl (C=S) groups is 1. The van der Waals surface area contributed by atoms with Gasteiger partial charge in [-0.1, -0.05) is 0 Å². The Morgan fingerprint density at radius 1 is 1.47 bits per heavy atom. The first-order valence-corrected chi connectivity index (χ1v) is 7.61. The molecule has 2 N–H and O–H groups in total. The van der Waals surface area contributed by atoms with E-state index in [9.17, 15) is 0 Å². The molecule has 0 radical (unpaired) electrons. The van der Waals surface area contributed by atoms with Gasteiger partial charge in [-0.25, -0.2) is 0 Å². The minimum absolute atomic E-state index is 0.632. The van der Waals surface area contributed by atoms with E-state index in [2.05, 4.69) is 57.6 Å². The van der Waals surface area contributed by atoms with Gasteiger partial charge in [0.25, 0.3) is 0 Å². The number of nitrogens with zero attached hydrogens (tertiary/aromatic N) is 3. The van der Waals surface area contributed by atoms with Crippen LogP contribution in [0.15, 0.2) is 10.7 Å². The molecule has 1 rings (SSSR count). The molecule has 1 heterocycles. The summed E-state index contributed by atoms with van der Waals surface area (Å²) >= 11 is 8.72. The predicted octanol–water partition coefficient (Wildman–Crippen LogP) is 1.58. The van der Waals surface area contributed by atoms with Gasteiger partial charge in [0.05, 0.1) is 16.7 Å². The van der Waals surface area contributed by atoms with Crippen molar-refractivity contribution in [2.45, 2.75) is 26.4 Å². The van der Waals surface area contributed by atoms with E-state index in [1.54, 1.807) is 0 Å². The third-order valence-corrected chi connectivity index (χ3v) is 3.55. The zero-order chi connectivity index (χ0) is 14.3. The largest absolute Gasteiger partial charge is 0.363 e. The van der Waals surface area contributed by atoms with Crippen LogP contribution < -0.4 is 10.6 Å². The molecule has 1 aromatic rings. The van der Waals surface area contributed by atoms with Crippen LogP contribution in [-0.2, 0) is 13.1 Å². The Labute approximate surface area is 128 Å². The molecule has 0 bridgehead atoms. The summed E-state index contributed by atoms with van der Waals surface area (Å²) in [5.74, 6) is 0. The van der Waals surface area contributed by atoms with E-state index < -0.39 is 0 Å². The lowest BCUT2D eigenvalue weighted by Crippen LogP contribution is -2.36. The Bertz CT molecular complexity index is 405. The van der Waals surface area contributed by atoms with Crippen molar-refractivity contribution in [2.24, 2.45) is 0 Å². The van der Waals surface area contributed by atoms with Crippen LogP contribution in [0, 0.1) is 0 Å². The Morgan fingerprint density at radius 2 is 2.21 bits per heavy atom. The molecule has 0 fully saturated rings. The van der Waals surface area contributed by atoms with Gasteiger partial charge in [-0.2, -0.15) is 5.10 Å². The van der Waals surface area contributed by atoms with Gasteiger partial charge in [0.1, 0.15) is 0 Å². The van der Waals surface area contributed by atoms with Crippen molar-refractivity contribution in [2.75, 3.05) is 27.2 Å². The van der Waals surface area contributed by atoms with Crippen molar-refractivity contribution in [1.29, 1.82) is 0 Å². The average molecular weight is 348 g/mol. The highest BCUT2D eigenvalue weighted by Crippen LogP contribution is 2.14. The number of halogens is 1. The SMILES string of the molecule is CCn1cc(Br)c(CNC(=S)NCCCN(C)C)n1. The molecule has 0 spiro atoms. The van der Waals surface area contributed by atoms with Crippen molar-refractivity contribution >= 4 is 33.3 Å². The second-order valence-electron chi connectivity index (χ2n) is 4.55. The number of rotatable bonds is 7. The maximum absolute atomic E-state index is 5.22. The van der Waals surface area contributed by atoms with Gasteiger partial charge in [-0.15, -0.1) is 0 Å². The lowest BCUT2D eigenvalue weighted by Gasteiger charge is -2.12. The predicted molar refractivity (Wildman–Crippen MR) is 86.2 cm³/mol. The maximum Gasteiger partial charge on any atom is 0.166 e. The Kier molecular flexibility index (Phi) is 7.33. The fourth-order valence-electron chi connectivity index (χ4n) is 1.54. The summed E-state index contributed by atoms with van der Waals surface area (Å²) in [4.78, 5) is 2.16. The summed E-state index contributed by atoms with van der Waals surface area (Å²) in [6.07, 6.45) is 3.05. The van der Waals surface area contributed by atoms with Gasteiger partial charge in [-0.3, -0.25) is 4.68 Å². The fourth-order valence-corrected chi connectivity index (χ4v) is 2.17. The van der Waals surface area contributed by atoms with Crippen LogP contribution in [0.5, 0.6) is 0 Å². The Hall–Kier alpha value is -0.660. The van der Waals surface area contributed by atoms with E-state index in [-0.39, 0.29) is 0 Å². The Morgan fingerprint density at radius 3 is 2.79 bits per heavy atom. The monoisotopic (exact) mass is 347 g/mol. The number of aryl methyl sites for hydroxylation is 1. The minimum atomic E-state index is 0.632. The minimum Gasteiger partial charge on any atom is -0.363 e. The van der Waals surface area contributed by atoms with Crippen LogP contribution in [-0.4, -0.2) is 47.0 Å². The summed E-state index contributed by atoms with van der Waals surface area (Å²) in [7, 11) is 4.14. The van der Waals surface area contributed by atoms with Crippen LogP contribution >= 0.6 is 28.1 Å². The van der Waals surface area contributed by atoms with Crippen LogP contribution in [0.2, 0.25) is 0 Å². The van der Waals surface area contributed by atoms with Crippen LogP contribution in [0.1, 0.15) is 19.0 Å². The molecule has 0 aromatic carbocycles. The first-order valence-electron chi connectivity index (χ1n) is 6.41. The molecule has 0 saturated heterocycles. The lowest BCUT2D eigenvalue weighted by atomic mass is 10.4. The lowest BCUT2D eigenvalue weighted by molar-refractivity contribution is 0.400. The van der Waals surface area contributed by atoms with Crippen molar-refractivity contribution in [3.05, 3.63) is 16.4 Å². The zero-order valence-corrected chi connectivity index (χ0v) is 14.1. The topological polar surface area (TPSA) is 45.1 Å². The first kappa shape index (κ1) is 16.4. The molecule has 0 amide bonds. The van der Waals surface area contributed by atoms with E-state index in [0.29, 0.717) is 11.7 Å². The van der Waals surface area contributed by atoms with E-state index in [4.69, 9.17) is 12.2 Å². The van der Waals surface area contributed by atoms with Gasteiger partial charge in [0, 0.05) is 19.3 Å². The maximum atomic E-state index is 5.22. The summed E-state index contributed by atoms with van der Waals surface area (Å²) in [6.45, 7) is 5.50. The van der Waals surface area contributed by atoms with Crippen molar-refractivity contribution in [3.63, 3.8) is 0 Å². The fraction of sp³-hybridized carbons (Fsp3) is 0.667. The van der Waals surface area contributed by atoms with Crippen molar-refractivity contribution < 1.29 is 0 Å². The molecule has 108 valence electrons. The second kappa shape index (κ2) is 8.50. The molecule has 1 aromatic heterocycles. The number of nitrogens with one attached hydrogen (secondary N) is 2. The summed E-state index contributed by atoms with van der Waals surface area (Å²) in [5, 5.41) is 11.5. The highest BCUT2D eigenvalue weighted by Gasteiger charge is 2.06. The molecule has 0 aliphatic rings. The van der Waals surface area contributed by atoms with E-state index in [0.717, 1.165) is 36.2 Å². The molecule has 0 unspecified atom stereocenters. The second-order valence-corrected chi connectivity index (χ2v) is 5.81. The average Bonchev–Trinajstić information content (AvgIpc) is 2.72. The quantitative estimate of drug-likeness (QED) is 0.579. The van der Waals surface area contributed by atoms with Crippen molar-refractivity contribution in [3.8, 4) is 0 Å². The normalized spacial score (nSPS) is 10.8. The van der Waals surface area contributed by atoms with Crippen LogP contribution in [0.3, 0.4) is 0 Å². The standard InChI is InChI=1S/C12H22BrN5S/c1-4-18-9-10(13)11(16-18)8-15-12(19)14-6-5-7-17(2)3/h9H,4-8H2,1-3H3,(H2,14,15,19). The zero-order valence-electron chi connectivity index (χ0n) is 11.7. The van der Waals surface area contributed by atoms with Gasteiger partial charge in [-0.05, 0) is 62.1 Å². The number of aromatic nitrogens is 2. The molecule has 0 atom stereocenters. The van der Waals surface area contributed by atoms with Crippen LogP contribution in [0.25, 0.3) is 0 Å². The number of hydrogen-bond donors (Lipinski definition) is 2. The molecule has 7 heteroatoms. The summed E-state index contributed by atoms with van der Waals surface area (Å²) in [5.41, 5.74) is 0.972. The highest BCUT2D eigenvalue weighted by atomic mass is 79.9. The van der Waals surface area contributed by atoms with Gasteiger partial charge in [0.15, 0.2) is 5.11 Å². The smallest absolute Gasteiger partial charge is 0.166 e. The molecule has 5 nitrogen and oxygen atoms in total. The third kappa shape index (κ3) is 6.35. The first-order chi connectivity index (χ1) is 9.02. The number of hydrogen-bond acceptors (Lipinski definition) is 3.